The number of hydrogen-bond donors (Lipinski definition) is 3. The summed E-state index contributed by atoms with van der Waals surface area (Å²) >= 11 is 0. The van der Waals surface area contributed by atoms with Gasteiger partial charge in [0.1, 0.15) is 6.04 Å². The van der Waals surface area contributed by atoms with E-state index in [0.717, 1.165) is 21.4 Å². The number of benzene rings is 1. The van der Waals surface area contributed by atoms with Gasteiger partial charge in [0.05, 0.1) is 25.4 Å². The molecule has 30 heavy (non-hydrogen) atoms. The normalized spacial score (nSPS) is 16.0. The molecule has 0 spiro atoms. The van der Waals surface area contributed by atoms with E-state index in [4.69, 9.17) is 4.74 Å². The van der Waals surface area contributed by atoms with Crippen molar-refractivity contribution in [3.63, 3.8) is 0 Å². The van der Waals surface area contributed by atoms with Gasteiger partial charge in [-0.15, -0.1) is 0 Å². The van der Waals surface area contributed by atoms with Crippen LogP contribution >= 0.6 is 0 Å². The lowest BCUT2D eigenvalue weighted by molar-refractivity contribution is -0.129. The van der Waals surface area contributed by atoms with Crippen LogP contribution in [0.15, 0.2) is 48.8 Å². The molecule has 2 aromatic heterocycles. The monoisotopic (exact) mass is 407 g/mol. The minimum atomic E-state index is -0.883. The van der Waals surface area contributed by atoms with Gasteiger partial charge < -0.3 is 20.4 Å². The summed E-state index contributed by atoms with van der Waals surface area (Å²) < 4.78 is 4.97. The van der Waals surface area contributed by atoms with Crippen LogP contribution in [0, 0.1) is 0 Å². The Morgan fingerprint density at radius 2 is 2.07 bits per heavy atom. The molecule has 9 heteroatoms. The molecule has 3 aromatic rings. The van der Waals surface area contributed by atoms with E-state index in [-0.39, 0.29) is 18.9 Å². The highest BCUT2D eigenvalue weighted by Gasteiger charge is 2.38. The lowest BCUT2D eigenvalue weighted by atomic mass is 10.1. The average molecular weight is 407 g/mol. The number of aromatic amines is 1. The van der Waals surface area contributed by atoms with Crippen molar-refractivity contribution in [2.75, 3.05) is 19.0 Å². The van der Waals surface area contributed by atoms with Gasteiger partial charge >= 0.3 is 6.03 Å². The molecule has 1 aliphatic rings. The first-order valence-corrected chi connectivity index (χ1v) is 9.52. The zero-order valence-corrected chi connectivity index (χ0v) is 16.3. The number of urea groups is 1. The van der Waals surface area contributed by atoms with Gasteiger partial charge in [-0.05, 0) is 24.1 Å². The number of pyridine rings is 1. The maximum absolute atomic E-state index is 12.6. The lowest BCUT2D eigenvalue weighted by Crippen LogP contribution is -2.34. The standard InChI is InChI=1S/C21H21N5O4/c1-30-19-7-6-14(12-23-19)24-18(27)10-17-20(28)26(21(29)25-17)9-8-13-11-22-16-5-3-2-4-15(13)16/h2-7,11-12,17,22H,8-10H2,1H3,(H,24,27)(H,25,29)/t17-/m0/s1. The highest BCUT2D eigenvalue weighted by Crippen LogP contribution is 2.20. The van der Waals surface area contributed by atoms with Gasteiger partial charge in [0.15, 0.2) is 0 Å². The Labute approximate surface area is 172 Å². The van der Waals surface area contributed by atoms with Gasteiger partial charge in [0.2, 0.25) is 11.8 Å². The van der Waals surface area contributed by atoms with Crippen LogP contribution in [-0.4, -0.2) is 52.4 Å². The van der Waals surface area contributed by atoms with Crippen molar-refractivity contribution in [3.05, 3.63) is 54.4 Å². The van der Waals surface area contributed by atoms with Crippen molar-refractivity contribution < 1.29 is 19.1 Å². The molecule has 9 nitrogen and oxygen atoms in total. The number of amides is 4. The predicted octanol–water partition coefficient (Wildman–Crippen LogP) is 2.06. The highest BCUT2D eigenvalue weighted by molar-refractivity contribution is 6.07. The summed E-state index contributed by atoms with van der Waals surface area (Å²) in [5.41, 5.74) is 2.51. The summed E-state index contributed by atoms with van der Waals surface area (Å²) in [5, 5.41) is 6.31. The number of para-hydroxylation sites is 1. The SMILES string of the molecule is COc1ccc(NC(=O)C[C@@H]2NC(=O)N(CCc3c[nH]c4ccccc34)C2=O)cn1. The molecule has 1 saturated heterocycles. The van der Waals surface area contributed by atoms with Crippen LogP contribution in [0.25, 0.3) is 10.9 Å². The van der Waals surface area contributed by atoms with Crippen LogP contribution in [0.5, 0.6) is 5.88 Å². The first-order valence-electron chi connectivity index (χ1n) is 9.52. The quantitative estimate of drug-likeness (QED) is 0.519. The van der Waals surface area contributed by atoms with Crippen LogP contribution < -0.4 is 15.4 Å². The van der Waals surface area contributed by atoms with E-state index in [1.165, 1.54) is 13.3 Å². The molecule has 0 unspecified atom stereocenters. The number of methoxy groups -OCH3 is 1. The van der Waals surface area contributed by atoms with E-state index in [9.17, 15) is 14.4 Å². The Kier molecular flexibility index (Phi) is 5.34. The topological polar surface area (TPSA) is 116 Å². The minimum absolute atomic E-state index is 0.153. The number of imide groups is 1. The second kappa shape index (κ2) is 8.24. The first kappa shape index (κ1) is 19.4. The summed E-state index contributed by atoms with van der Waals surface area (Å²) in [4.78, 5) is 45.5. The number of ether oxygens (including phenoxy) is 1. The van der Waals surface area contributed by atoms with Gasteiger partial charge in [-0.3, -0.25) is 14.5 Å². The van der Waals surface area contributed by atoms with Crippen LogP contribution in [0.4, 0.5) is 10.5 Å². The third-order valence-electron chi connectivity index (χ3n) is 5.01. The van der Waals surface area contributed by atoms with Crippen LogP contribution in [0.2, 0.25) is 0 Å². The van der Waals surface area contributed by atoms with E-state index in [1.54, 1.807) is 12.1 Å². The van der Waals surface area contributed by atoms with Gasteiger partial charge in [0, 0.05) is 29.7 Å². The Morgan fingerprint density at radius 1 is 1.23 bits per heavy atom. The highest BCUT2D eigenvalue weighted by atomic mass is 16.5. The largest absolute Gasteiger partial charge is 0.481 e. The smallest absolute Gasteiger partial charge is 0.324 e. The summed E-state index contributed by atoms with van der Waals surface area (Å²) in [6.45, 7) is 0.243. The van der Waals surface area contributed by atoms with Gasteiger partial charge in [0.25, 0.3) is 5.91 Å². The Bertz CT molecular complexity index is 1090. The van der Waals surface area contributed by atoms with Crippen LogP contribution in [0.1, 0.15) is 12.0 Å². The molecular weight excluding hydrogens is 386 g/mol. The number of hydrogen-bond acceptors (Lipinski definition) is 5. The summed E-state index contributed by atoms with van der Waals surface area (Å²) in [6, 6.07) is 9.75. The number of H-pyrrole nitrogens is 1. The molecule has 1 aromatic carbocycles. The molecule has 1 aliphatic heterocycles. The second-order valence-corrected chi connectivity index (χ2v) is 6.94. The summed E-state index contributed by atoms with van der Waals surface area (Å²) in [6.07, 6.45) is 3.72. The van der Waals surface area contributed by atoms with Gasteiger partial charge in [-0.25, -0.2) is 9.78 Å². The van der Waals surface area contributed by atoms with Crippen molar-refractivity contribution in [3.8, 4) is 5.88 Å². The third-order valence-corrected chi connectivity index (χ3v) is 5.01. The van der Waals surface area contributed by atoms with E-state index in [1.807, 2.05) is 30.5 Å². The van der Waals surface area contributed by atoms with Crippen LogP contribution in [-0.2, 0) is 16.0 Å². The molecule has 3 N–H and O–H groups in total. The maximum atomic E-state index is 12.6. The number of carbonyl (C=O) groups excluding carboxylic acids is 3. The molecule has 0 bridgehead atoms. The molecule has 1 atom stereocenters. The molecular formula is C21H21N5O4. The number of rotatable bonds is 7. The van der Waals surface area contributed by atoms with Crippen molar-refractivity contribution in [2.24, 2.45) is 0 Å². The third kappa shape index (κ3) is 3.95. The molecule has 3 heterocycles. The van der Waals surface area contributed by atoms with Gasteiger partial charge in [-0.1, -0.05) is 18.2 Å². The minimum Gasteiger partial charge on any atom is -0.481 e. The molecule has 4 amide bonds. The van der Waals surface area contributed by atoms with Crippen molar-refractivity contribution in [2.45, 2.75) is 18.9 Å². The number of nitrogens with one attached hydrogen (secondary N) is 3. The molecule has 4 rings (SSSR count). The number of carbonyl (C=O) groups is 3. The predicted molar refractivity (Wildman–Crippen MR) is 110 cm³/mol. The molecule has 154 valence electrons. The van der Waals surface area contributed by atoms with Crippen molar-refractivity contribution in [1.82, 2.24) is 20.2 Å². The van der Waals surface area contributed by atoms with E-state index in [2.05, 4.69) is 20.6 Å². The van der Waals surface area contributed by atoms with E-state index >= 15 is 0 Å². The fourth-order valence-electron chi connectivity index (χ4n) is 3.47. The summed E-state index contributed by atoms with van der Waals surface area (Å²) in [7, 11) is 1.50. The number of aromatic nitrogens is 2. The molecule has 0 aliphatic carbocycles. The Hall–Kier alpha value is -3.88. The first-order chi connectivity index (χ1) is 14.5. The Balaban J connectivity index is 1.34. The number of anilines is 1. The van der Waals surface area contributed by atoms with E-state index < -0.39 is 18.0 Å². The van der Waals surface area contributed by atoms with E-state index in [0.29, 0.717) is 18.0 Å². The maximum Gasteiger partial charge on any atom is 0.324 e. The van der Waals surface area contributed by atoms with Crippen molar-refractivity contribution in [1.29, 1.82) is 0 Å². The zero-order chi connectivity index (χ0) is 21.1. The summed E-state index contributed by atoms with van der Waals surface area (Å²) in [5.74, 6) is -0.362. The number of nitrogens with zero attached hydrogens (tertiary/aromatic N) is 2. The fraction of sp³-hybridized carbons (Fsp3) is 0.238. The van der Waals surface area contributed by atoms with Crippen molar-refractivity contribution >= 4 is 34.4 Å². The Morgan fingerprint density at radius 3 is 2.83 bits per heavy atom. The fourth-order valence-corrected chi connectivity index (χ4v) is 3.47. The molecule has 0 saturated carbocycles. The molecule has 1 fully saturated rings. The lowest BCUT2D eigenvalue weighted by Gasteiger charge is -2.13. The molecule has 0 radical (unpaired) electrons. The van der Waals surface area contributed by atoms with Gasteiger partial charge in [-0.2, -0.15) is 0 Å². The zero-order valence-electron chi connectivity index (χ0n) is 16.3. The number of fused-ring (bicyclic) bond motifs is 1. The van der Waals surface area contributed by atoms with Crippen LogP contribution in [0.3, 0.4) is 0 Å². The average Bonchev–Trinajstić information content (AvgIpc) is 3.28. The second-order valence-electron chi connectivity index (χ2n) is 6.94.